The van der Waals surface area contributed by atoms with Crippen molar-refractivity contribution < 1.29 is 14.1 Å². The first-order valence-corrected chi connectivity index (χ1v) is 9.00. The lowest BCUT2D eigenvalue weighted by Crippen LogP contribution is -2.45. The van der Waals surface area contributed by atoms with Crippen LogP contribution in [0.25, 0.3) is 0 Å². The highest BCUT2D eigenvalue weighted by Crippen LogP contribution is 2.37. The molecule has 0 spiro atoms. The number of carbonyl (C=O) groups excluding carboxylic acids is 2. The third kappa shape index (κ3) is 4.47. The molecule has 1 aliphatic rings. The number of nitrogens with zero attached hydrogens (tertiary/aromatic N) is 2. The maximum absolute atomic E-state index is 12.4. The van der Waals surface area contributed by atoms with Crippen LogP contribution in [0.3, 0.4) is 0 Å². The number of carbonyl (C=O) groups is 2. The van der Waals surface area contributed by atoms with Gasteiger partial charge in [-0.2, -0.15) is 4.98 Å². The van der Waals surface area contributed by atoms with Gasteiger partial charge in [-0.05, 0) is 18.4 Å². The second-order valence-electron chi connectivity index (χ2n) is 6.74. The summed E-state index contributed by atoms with van der Waals surface area (Å²) in [7, 11) is 0. The first-order chi connectivity index (χ1) is 12.6. The second-order valence-corrected chi connectivity index (χ2v) is 6.74. The predicted molar refractivity (Wildman–Crippen MR) is 95.1 cm³/mol. The molecule has 3 rings (SSSR count). The summed E-state index contributed by atoms with van der Waals surface area (Å²) in [6, 6.07) is 9.52. The Hall–Kier alpha value is -2.70. The van der Waals surface area contributed by atoms with Gasteiger partial charge in [-0.15, -0.1) is 0 Å². The first kappa shape index (κ1) is 18.1. The topological polar surface area (TPSA) is 97.1 Å². The van der Waals surface area contributed by atoms with Gasteiger partial charge in [-0.3, -0.25) is 9.59 Å². The summed E-state index contributed by atoms with van der Waals surface area (Å²) in [6.07, 6.45) is 4.17. The van der Waals surface area contributed by atoms with Crippen molar-refractivity contribution >= 4 is 11.8 Å². The monoisotopic (exact) mass is 356 g/mol. The van der Waals surface area contributed by atoms with Crippen LogP contribution in [0, 0.1) is 6.92 Å². The first-order valence-electron chi connectivity index (χ1n) is 9.00. The van der Waals surface area contributed by atoms with E-state index < -0.39 is 5.54 Å². The van der Waals surface area contributed by atoms with E-state index in [9.17, 15) is 9.59 Å². The molecular weight excluding hydrogens is 332 g/mol. The number of amides is 2. The Bertz CT molecular complexity index is 751. The average Bonchev–Trinajstić information content (AvgIpc) is 3.26. The molecule has 0 unspecified atom stereocenters. The Morgan fingerprint density at radius 1 is 1.15 bits per heavy atom. The van der Waals surface area contributed by atoms with Crippen molar-refractivity contribution in [3.63, 3.8) is 0 Å². The summed E-state index contributed by atoms with van der Waals surface area (Å²) in [5, 5.41) is 9.87. The summed E-state index contributed by atoms with van der Waals surface area (Å²) >= 11 is 0. The lowest BCUT2D eigenvalue weighted by molar-refractivity contribution is -0.123. The minimum Gasteiger partial charge on any atom is -0.355 e. The number of aryl methyl sites for hydroxylation is 1. The van der Waals surface area contributed by atoms with Gasteiger partial charge < -0.3 is 15.2 Å². The molecule has 0 bridgehead atoms. The van der Waals surface area contributed by atoms with E-state index in [0.29, 0.717) is 24.7 Å². The molecule has 7 heteroatoms. The van der Waals surface area contributed by atoms with Crippen molar-refractivity contribution in [3.05, 3.63) is 47.6 Å². The van der Waals surface area contributed by atoms with Gasteiger partial charge in [0.1, 0.15) is 5.54 Å². The highest BCUT2D eigenvalue weighted by atomic mass is 16.5. The molecule has 1 aromatic carbocycles. The molecule has 138 valence electrons. The Labute approximate surface area is 152 Å². The average molecular weight is 356 g/mol. The SMILES string of the molecule is Cc1nc(C2(NC(=O)CCNC(=O)Cc3ccccc3)CCCC2)no1. The van der Waals surface area contributed by atoms with Gasteiger partial charge in [0, 0.05) is 19.9 Å². The number of aromatic nitrogens is 2. The zero-order chi connectivity index (χ0) is 18.4. The molecule has 0 atom stereocenters. The molecule has 26 heavy (non-hydrogen) atoms. The molecule has 1 aliphatic carbocycles. The van der Waals surface area contributed by atoms with Gasteiger partial charge in [-0.1, -0.05) is 48.3 Å². The van der Waals surface area contributed by atoms with E-state index in [-0.39, 0.29) is 18.2 Å². The van der Waals surface area contributed by atoms with Crippen LogP contribution < -0.4 is 10.6 Å². The van der Waals surface area contributed by atoms with Crippen molar-refractivity contribution in [2.24, 2.45) is 0 Å². The Balaban J connectivity index is 1.48. The Kier molecular flexibility index (Phi) is 5.65. The van der Waals surface area contributed by atoms with Crippen molar-refractivity contribution in [1.29, 1.82) is 0 Å². The fourth-order valence-electron chi connectivity index (χ4n) is 3.37. The third-order valence-electron chi connectivity index (χ3n) is 4.67. The zero-order valence-electron chi connectivity index (χ0n) is 15.0. The van der Waals surface area contributed by atoms with Crippen molar-refractivity contribution in [1.82, 2.24) is 20.8 Å². The minimum atomic E-state index is -0.539. The van der Waals surface area contributed by atoms with E-state index in [4.69, 9.17) is 4.52 Å². The second kappa shape index (κ2) is 8.12. The molecule has 2 N–H and O–H groups in total. The van der Waals surface area contributed by atoms with Crippen LogP contribution in [0.1, 0.15) is 49.4 Å². The summed E-state index contributed by atoms with van der Waals surface area (Å²) in [6.45, 7) is 2.04. The summed E-state index contributed by atoms with van der Waals surface area (Å²) < 4.78 is 5.08. The van der Waals surface area contributed by atoms with Gasteiger partial charge in [0.15, 0.2) is 5.82 Å². The Morgan fingerprint density at radius 3 is 2.54 bits per heavy atom. The van der Waals surface area contributed by atoms with E-state index in [0.717, 1.165) is 31.2 Å². The normalized spacial score (nSPS) is 15.6. The van der Waals surface area contributed by atoms with E-state index in [1.807, 2.05) is 30.3 Å². The molecular formula is C19H24N4O3. The molecule has 1 fully saturated rings. The van der Waals surface area contributed by atoms with Gasteiger partial charge in [0.25, 0.3) is 0 Å². The van der Waals surface area contributed by atoms with E-state index in [1.54, 1.807) is 6.92 Å². The van der Waals surface area contributed by atoms with Gasteiger partial charge in [0.2, 0.25) is 17.7 Å². The summed E-state index contributed by atoms with van der Waals surface area (Å²) in [5.74, 6) is 0.838. The molecule has 2 amide bonds. The smallest absolute Gasteiger partial charge is 0.224 e. The molecule has 0 saturated heterocycles. The van der Waals surface area contributed by atoms with Gasteiger partial charge in [-0.25, -0.2) is 0 Å². The maximum atomic E-state index is 12.4. The summed E-state index contributed by atoms with van der Waals surface area (Å²) in [5.41, 5.74) is 0.412. The van der Waals surface area contributed by atoms with Crippen LogP contribution in [0.15, 0.2) is 34.9 Å². The summed E-state index contributed by atoms with van der Waals surface area (Å²) in [4.78, 5) is 28.6. The lowest BCUT2D eigenvalue weighted by atomic mass is 9.96. The number of hydrogen-bond acceptors (Lipinski definition) is 5. The van der Waals surface area contributed by atoms with Crippen molar-refractivity contribution in [3.8, 4) is 0 Å². The fourth-order valence-corrected chi connectivity index (χ4v) is 3.37. The van der Waals surface area contributed by atoms with E-state index >= 15 is 0 Å². The molecule has 1 aromatic heterocycles. The van der Waals surface area contributed by atoms with Crippen LogP contribution in [-0.2, 0) is 21.5 Å². The van der Waals surface area contributed by atoms with Crippen LogP contribution in [0.5, 0.6) is 0 Å². The highest BCUT2D eigenvalue weighted by molar-refractivity contribution is 5.80. The Morgan fingerprint density at radius 2 is 1.88 bits per heavy atom. The quantitative estimate of drug-likeness (QED) is 0.791. The number of benzene rings is 1. The zero-order valence-corrected chi connectivity index (χ0v) is 15.0. The van der Waals surface area contributed by atoms with Gasteiger partial charge in [0.05, 0.1) is 6.42 Å². The predicted octanol–water partition coefficient (Wildman–Crippen LogP) is 2.01. The molecule has 0 radical (unpaired) electrons. The number of nitrogens with one attached hydrogen (secondary N) is 2. The van der Waals surface area contributed by atoms with Crippen LogP contribution in [0.4, 0.5) is 0 Å². The lowest BCUT2D eigenvalue weighted by Gasteiger charge is -2.26. The van der Waals surface area contributed by atoms with Crippen molar-refractivity contribution in [2.75, 3.05) is 6.54 Å². The van der Waals surface area contributed by atoms with Crippen LogP contribution in [0.2, 0.25) is 0 Å². The van der Waals surface area contributed by atoms with Crippen LogP contribution in [-0.4, -0.2) is 28.5 Å². The fraction of sp³-hybridized carbons (Fsp3) is 0.474. The highest BCUT2D eigenvalue weighted by Gasteiger charge is 2.41. The minimum absolute atomic E-state index is 0.0895. The number of rotatable bonds is 7. The maximum Gasteiger partial charge on any atom is 0.224 e. The van der Waals surface area contributed by atoms with Crippen LogP contribution >= 0.6 is 0 Å². The molecule has 7 nitrogen and oxygen atoms in total. The van der Waals surface area contributed by atoms with E-state index in [1.165, 1.54) is 0 Å². The molecule has 1 heterocycles. The third-order valence-corrected chi connectivity index (χ3v) is 4.67. The largest absolute Gasteiger partial charge is 0.355 e. The molecule has 0 aliphatic heterocycles. The van der Waals surface area contributed by atoms with Crippen molar-refractivity contribution in [2.45, 2.75) is 51.0 Å². The standard InChI is InChI=1S/C19H24N4O3/c1-14-21-18(23-26-14)19(10-5-6-11-19)22-16(24)9-12-20-17(25)13-15-7-3-2-4-8-15/h2-4,7-8H,5-6,9-13H2,1H3,(H,20,25)(H,22,24). The number of hydrogen-bond donors (Lipinski definition) is 2. The molecule has 2 aromatic rings. The molecule has 1 saturated carbocycles. The van der Waals surface area contributed by atoms with Gasteiger partial charge >= 0.3 is 0 Å². The van der Waals surface area contributed by atoms with E-state index in [2.05, 4.69) is 20.8 Å².